The Balaban J connectivity index is 1.63. The van der Waals surface area contributed by atoms with E-state index >= 15 is 0 Å². The van der Waals surface area contributed by atoms with Crippen LogP contribution in [0.2, 0.25) is 0 Å². The minimum Gasteiger partial charge on any atom is -0.326 e. The topological polar surface area (TPSA) is 122 Å². The van der Waals surface area contributed by atoms with E-state index in [1.165, 1.54) is 18.2 Å². The van der Waals surface area contributed by atoms with Gasteiger partial charge in [-0.1, -0.05) is 18.2 Å². The van der Waals surface area contributed by atoms with E-state index in [1.54, 1.807) is 24.3 Å². The number of para-hydroxylation sites is 2. The molecule has 0 saturated heterocycles. The number of alkyl halides is 3. The van der Waals surface area contributed by atoms with E-state index in [2.05, 4.69) is 10.6 Å². The maximum Gasteiger partial charge on any atom is 0.416 e. The molecule has 3 amide bonds. The summed E-state index contributed by atoms with van der Waals surface area (Å²) in [4.78, 5) is 50.5. The van der Waals surface area contributed by atoms with Gasteiger partial charge < -0.3 is 10.6 Å². The first-order valence-corrected chi connectivity index (χ1v) is 10.5. The van der Waals surface area contributed by atoms with Crippen LogP contribution in [0.1, 0.15) is 22.3 Å². The monoisotopic (exact) mass is 498 g/mol. The lowest BCUT2D eigenvalue weighted by molar-refractivity contribution is -0.384. The van der Waals surface area contributed by atoms with E-state index < -0.39 is 46.8 Å². The molecule has 1 aliphatic rings. The third kappa shape index (κ3) is 5.02. The quantitative estimate of drug-likeness (QED) is 0.393. The number of non-ortho nitro benzene ring substituents is 1. The van der Waals surface area contributed by atoms with Gasteiger partial charge in [0, 0.05) is 23.4 Å². The Morgan fingerprint density at radius 3 is 2.39 bits per heavy atom. The van der Waals surface area contributed by atoms with Gasteiger partial charge in [0.15, 0.2) is 0 Å². The lowest BCUT2D eigenvalue weighted by Gasteiger charge is -2.36. The highest BCUT2D eigenvalue weighted by molar-refractivity contribution is 6.17. The average molecular weight is 498 g/mol. The van der Waals surface area contributed by atoms with Crippen molar-refractivity contribution in [3.05, 3.63) is 94.0 Å². The van der Waals surface area contributed by atoms with Crippen molar-refractivity contribution in [2.75, 3.05) is 15.5 Å². The number of rotatable bonds is 5. The summed E-state index contributed by atoms with van der Waals surface area (Å²) in [6.07, 6.45) is -5.17. The van der Waals surface area contributed by atoms with Gasteiger partial charge in [0.05, 0.1) is 28.3 Å². The van der Waals surface area contributed by atoms with Crippen LogP contribution in [-0.2, 0) is 15.8 Å². The van der Waals surface area contributed by atoms with Crippen molar-refractivity contribution >= 4 is 40.5 Å². The van der Waals surface area contributed by atoms with E-state index in [1.807, 2.05) is 0 Å². The predicted molar refractivity (Wildman–Crippen MR) is 123 cm³/mol. The first kappa shape index (κ1) is 24.4. The molecule has 0 aliphatic carbocycles. The fourth-order valence-corrected chi connectivity index (χ4v) is 3.75. The number of carbonyl (C=O) groups is 3. The predicted octanol–water partition coefficient (Wildman–Crippen LogP) is 4.61. The number of anilines is 3. The molecule has 1 heterocycles. The molecule has 1 aliphatic heterocycles. The molecule has 0 aromatic heterocycles. The van der Waals surface area contributed by atoms with Crippen molar-refractivity contribution in [3.63, 3.8) is 0 Å². The van der Waals surface area contributed by atoms with Crippen LogP contribution < -0.4 is 15.5 Å². The van der Waals surface area contributed by atoms with Gasteiger partial charge in [-0.3, -0.25) is 29.4 Å². The van der Waals surface area contributed by atoms with E-state index in [4.69, 9.17) is 0 Å². The Morgan fingerprint density at radius 1 is 1.03 bits per heavy atom. The third-order valence-electron chi connectivity index (χ3n) is 5.43. The van der Waals surface area contributed by atoms with E-state index in [-0.39, 0.29) is 22.6 Å². The van der Waals surface area contributed by atoms with E-state index in [9.17, 15) is 37.7 Å². The van der Waals surface area contributed by atoms with Crippen LogP contribution in [-0.4, -0.2) is 28.7 Å². The summed E-state index contributed by atoms with van der Waals surface area (Å²) in [6.45, 7) is 0. The smallest absolute Gasteiger partial charge is 0.326 e. The highest BCUT2D eigenvalue weighted by Crippen LogP contribution is 2.35. The Morgan fingerprint density at radius 2 is 1.72 bits per heavy atom. The summed E-state index contributed by atoms with van der Waals surface area (Å²) in [7, 11) is 0. The highest BCUT2D eigenvalue weighted by atomic mass is 19.4. The fourth-order valence-electron chi connectivity index (χ4n) is 3.75. The summed E-state index contributed by atoms with van der Waals surface area (Å²) in [5.41, 5.74) is -0.683. The molecule has 0 bridgehead atoms. The molecular formula is C24H17F3N4O5. The molecule has 1 atom stereocenters. The van der Waals surface area contributed by atoms with Gasteiger partial charge in [-0.05, 0) is 42.5 Å². The molecule has 0 fully saturated rings. The van der Waals surface area contributed by atoms with Crippen molar-refractivity contribution in [3.8, 4) is 0 Å². The zero-order chi connectivity index (χ0) is 26.0. The molecule has 4 rings (SSSR count). The summed E-state index contributed by atoms with van der Waals surface area (Å²) >= 11 is 0. The van der Waals surface area contributed by atoms with Gasteiger partial charge in [-0.2, -0.15) is 13.2 Å². The second-order valence-corrected chi connectivity index (χ2v) is 7.83. The second-order valence-electron chi connectivity index (χ2n) is 7.83. The zero-order valence-corrected chi connectivity index (χ0v) is 18.3. The van der Waals surface area contributed by atoms with Crippen LogP contribution in [0.5, 0.6) is 0 Å². The molecule has 0 unspecified atom stereocenters. The molecule has 12 heteroatoms. The number of halogens is 3. The summed E-state index contributed by atoms with van der Waals surface area (Å²) in [6, 6.07) is 13.8. The van der Waals surface area contributed by atoms with Gasteiger partial charge in [-0.15, -0.1) is 0 Å². The number of nitrogens with one attached hydrogen (secondary N) is 2. The minimum atomic E-state index is -4.61. The molecule has 2 N–H and O–H groups in total. The van der Waals surface area contributed by atoms with Crippen molar-refractivity contribution in [2.45, 2.75) is 18.6 Å². The van der Waals surface area contributed by atoms with Crippen molar-refractivity contribution in [1.29, 1.82) is 0 Å². The first-order valence-electron chi connectivity index (χ1n) is 10.5. The van der Waals surface area contributed by atoms with Crippen molar-refractivity contribution in [2.24, 2.45) is 0 Å². The minimum absolute atomic E-state index is 0.0355. The maximum atomic E-state index is 13.4. The molecule has 0 radical (unpaired) electrons. The van der Waals surface area contributed by atoms with Crippen LogP contribution in [0, 0.1) is 10.1 Å². The molecular weight excluding hydrogens is 481 g/mol. The molecule has 184 valence electrons. The number of hydrogen-bond donors (Lipinski definition) is 2. The van der Waals surface area contributed by atoms with Gasteiger partial charge in [0.25, 0.3) is 11.6 Å². The molecule has 9 nitrogen and oxygen atoms in total. The SMILES string of the molecule is O=C(C[C@@H]1C(=O)Nc2ccccc2N1C(=O)c1ccc([N+](=O)[O-])cc1)Nc1cccc(C(F)(F)F)c1. The molecule has 36 heavy (non-hydrogen) atoms. The largest absolute Gasteiger partial charge is 0.416 e. The van der Waals surface area contributed by atoms with E-state index in [0.29, 0.717) is 5.69 Å². The molecule has 3 aromatic rings. The van der Waals surface area contributed by atoms with Gasteiger partial charge >= 0.3 is 6.18 Å². The number of benzene rings is 3. The number of hydrogen-bond acceptors (Lipinski definition) is 5. The third-order valence-corrected chi connectivity index (χ3v) is 5.43. The summed E-state index contributed by atoms with van der Waals surface area (Å²) in [5.74, 6) is -2.16. The average Bonchev–Trinajstić information content (AvgIpc) is 2.84. The standard InChI is InChI=1S/C24H17F3N4O5/c25-24(26,27)15-4-3-5-16(12-15)28-21(32)13-20-22(33)29-18-6-1-2-7-19(18)30(20)23(34)14-8-10-17(11-9-14)31(35)36/h1-12,20H,13H2,(H,28,32)(H,29,33)/t20-/m1/s1. The number of fused-ring (bicyclic) bond motifs is 1. The van der Waals surface area contributed by atoms with Crippen molar-refractivity contribution < 1.29 is 32.5 Å². The number of nitrogens with zero attached hydrogens (tertiary/aromatic N) is 2. The maximum absolute atomic E-state index is 13.4. The van der Waals surface area contributed by atoms with Crippen LogP contribution in [0.4, 0.5) is 35.9 Å². The highest BCUT2D eigenvalue weighted by Gasteiger charge is 2.39. The van der Waals surface area contributed by atoms with E-state index in [0.717, 1.165) is 35.2 Å². The van der Waals surface area contributed by atoms with Gasteiger partial charge in [0.1, 0.15) is 6.04 Å². The first-order chi connectivity index (χ1) is 17.0. The summed E-state index contributed by atoms with van der Waals surface area (Å²) in [5, 5.41) is 15.9. The van der Waals surface area contributed by atoms with Crippen LogP contribution in [0.25, 0.3) is 0 Å². The normalized spacial score (nSPS) is 15.0. The number of carbonyl (C=O) groups excluding carboxylic acids is 3. The van der Waals surface area contributed by atoms with Gasteiger partial charge in [0.2, 0.25) is 11.8 Å². The number of nitro groups is 1. The Kier molecular flexibility index (Phi) is 6.43. The fraction of sp³-hybridized carbons (Fsp3) is 0.125. The number of amides is 3. The van der Waals surface area contributed by atoms with Crippen molar-refractivity contribution in [1.82, 2.24) is 0 Å². The van der Waals surface area contributed by atoms with Gasteiger partial charge in [-0.25, -0.2) is 0 Å². The zero-order valence-electron chi connectivity index (χ0n) is 18.3. The number of nitro benzene ring substituents is 1. The van der Waals surface area contributed by atoms with Crippen LogP contribution in [0.15, 0.2) is 72.8 Å². The Bertz CT molecular complexity index is 1360. The molecule has 0 spiro atoms. The lowest BCUT2D eigenvalue weighted by Crippen LogP contribution is -2.52. The Hall–Kier alpha value is -4.74. The summed E-state index contributed by atoms with van der Waals surface area (Å²) < 4.78 is 39.0. The Labute approximate surface area is 201 Å². The molecule has 0 saturated carbocycles. The molecule has 3 aromatic carbocycles. The van der Waals surface area contributed by atoms with Crippen LogP contribution in [0.3, 0.4) is 0 Å². The van der Waals surface area contributed by atoms with Crippen LogP contribution >= 0.6 is 0 Å². The lowest BCUT2D eigenvalue weighted by atomic mass is 10.0. The second kappa shape index (κ2) is 9.49.